The molecular formula is C22H22FN5O3. The van der Waals surface area contributed by atoms with Crippen LogP contribution in [0, 0.1) is 29.0 Å². The summed E-state index contributed by atoms with van der Waals surface area (Å²) in [6, 6.07) is 4.14. The van der Waals surface area contributed by atoms with Crippen LogP contribution in [0.5, 0.6) is 5.88 Å². The fourth-order valence-electron chi connectivity index (χ4n) is 3.18. The first-order chi connectivity index (χ1) is 15.0. The SMILES string of the molecule is C#Cc1cnc(OCC(C)CCC(=O)N2N=CCC2c2ccc(F)c(CN=O)c2)cn1. The van der Waals surface area contributed by atoms with Crippen molar-refractivity contribution in [2.24, 2.45) is 16.2 Å². The Bertz CT molecular complexity index is 1000. The van der Waals surface area contributed by atoms with Crippen LogP contribution in [0.25, 0.3) is 0 Å². The summed E-state index contributed by atoms with van der Waals surface area (Å²) in [5, 5.41) is 8.37. The van der Waals surface area contributed by atoms with Crippen LogP contribution in [0.3, 0.4) is 0 Å². The Labute approximate surface area is 179 Å². The molecule has 0 radical (unpaired) electrons. The second kappa shape index (κ2) is 10.4. The second-order valence-electron chi connectivity index (χ2n) is 7.26. The Morgan fingerprint density at radius 1 is 1.42 bits per heavy atom. The lowest BCUT2D eigenvalue weighted by atomic mass is 10.0. The minimum absolute atomic E-state index is 0.0965. The van der Waals surface area contributed by atoms with E-state index in [1.807, 2.05) is 6.92 Å². The van der Waals surface area contributed by atoms with Crippen molar-refractivity contribution in [3.05, 3.63) is 58.1 Å². The quantitative estimate of drug-likeness (QED) is 0.453. The molecule has 8 nitrogen and oxygen atoms in total. The number of benzene rings is 1. The number of amides is 1. The molecule has 0 spiro atoms. The van der Waals surface area contributed by atoms with Crippen molar-refractivity contribution in [3.63, 3.8) is 0 Å². The number of hydrazone groups is 1. The van der Waals surface area contributed by atoms with Crippen molar-refractivity contribution in [1.29, 1.82) is 0 Å². The molecule has 0 saturated carbocycles. The molecule has 0 fully saturated rings. The molecule has 3 rings (SSSR count). The molecule has 0 aliphatic carbocycles. The fourth-order valence-corrected chi connectivity index (χ4v) is 3.18. The number of aromatic nitrogens is 2. The number of nitroso groups, excluding NO2 is 1. The highest BCUT2D eigenvalue weighted by Gasteiger charge is 2.28. The summed E-state index contributed by atoms with van der Waals surface area (Å²) in [6.07, 6.45) is 11.2. The molecule has 1 aromatic heterocycles. The summed E-state index contributed by atoms with van der Waals surface area (Å²) >= 11 is 0. The zero-order valence-corrected chi connectivity index (χ0v) is 17.1. The van der Waals surface area contributed by atoms with Crippen LogP contribution in [0.4, 0.5) is 4.39 Å². The Morgan fingerprint density at radius 3 is 2.97 bits per heavy atom. The maximum Gasteiger partial charge on any atom is 0.243 e. The molecule has 1 aromatic carbocycles. The molecule has 1 amide bonds. The lowest BCUT2D eigenvalue weighted by molar-refractivity contribution is -0.133. The molecule has 31 heavy (non-hydrogen) atoms. The Balaban J connectivity index is 1.53. The monoisotopic (exact) mass is 423 g/mol. The molecule has 1 aliphatic rings. The number of ether oxygens (including phenoxy) is 1. The average Bonchev–Trinajstić information content (AvgIpc) is 3.28. The maximum atomic E-state index is 13.8. The molecule has 9 heteroatoms. The topological polar surface area (TPSA) is 97.1 Å². The highest BCUT2D eigenvalue weighted by molar-refractivity contribution is 5.79. The van der Waals surface area contributed by atoms with Crippen LogP contribution < -0.4 is 4.74 Å². The molecule has 0 saturated heterocycles. The minimum Gasteiger partial charge on any atom is -0.476 e. The lowest BCUT2D eigenvalue weighted by Crippen LogP contribution is -2.27. The smallest absolute Gasteiger partial charge is 0.243 e. The van der Waals surface area contributed by atoms with Crippen LogP contribution in [-0.4, -0.2) is 33.7 Å². The van der Waals surface area contributed by atoms with E-state index >= 15 is 0 Å². The largest absolute Gasteiger partial charge is 0.476 e. The highest BCUT2D eigenvalue weighted by atomic mass is 19.1. The van der Waals surface area contributed by atoms with E-state index in [9.17, 15) is 14.1 Å². The van der Waals surface area contributed by atoms with Crippen molar-refractivity contribution in [2.45, 2.75) is 38.8 Å². The minimum atomic E-state index is -0.493. The van der Waals surface area contributed by atoms with E-state index in [1.54, 1.807) is 18.3 Å². The first kappa shape index (κ1) is 22.0. The zero-order valence-electron chi connectivity index (χ0n) is 17.1. The third-order valence-corrected chi connectivity index (χ3v) is 4.92. The van der Waals surface area contributed by atoms with Crippen molar-refractivity contribution >= 4 is 12.1 Å². The van der Waals surface area contributed by atoms with Gasteiger partial charge in [0.1, 0.15) is 18.1 Å². The van der Waals surface area contributed by atoms with Crippen LogP contribution in [0.1, 0.15) is 49.0 Å². The average molecular weight is 423 g/mol. The van der Waals surface area contributed by atoms with Gasteiger partial charge in [0.25, 0.3) is 0 Å². The van der Waals surface area contributed by atoms with Crippen molar-refractivity contribution in [2.75, 3.05) is 6.61 Å². The summed E-state index contributed by atoms with van der Waals surface area (Å²) in [5.74, 6) is 2.23. The number of hydrogen-bond donors (Lipinski definition) is 0. The summed E-state index contributed by atoms with van der Waals surface area (Å²) < 4.78 is 19.4. The van der Waals surface area contributed by atoms with Crippen molar-refractivity contribution < 1.29 is 13.9 Å². The Morgan fingerprint density at radius 2 is 2.26 bits per heavy atom. The van der Waals surface area contributed by atoms with E-state index in [0.717, 1.165) is 5.56 Å². The van der Waals surface area contributed by atoms with Gasteiger partial charge in [-0.25, -0.2) is 19.4 Å². The molecule has 0 N–H and O–H groups in total. The molecule has 0 bridgehead atoms. The third kappa shape index (κ3) is 5.69. The van der Waals surface area contributed by atoms with Gasteiger partial charge in [-0.05, 0) is 36.0 Å². The summed E-state index contributed by atoms with van der Waals surface area (Å²) in [4.78, 5) is 31.4. The van der Waals surface area contributed by atoms with Gasteiger partial charge in [-0.2, -0.15) is 10.0 Å². The van der Waals surface area contributed by atoms with Crippen LogP contribution >= 0.6 is 0 Å². The number of carbonyl (C=O) groups excluding carboxylic acids is 1. The first-order valence-corrected chi connectivity index (χ1v) is 9.85. The summed E-state index contributed by atoms with van der Waals surface area (Å²) in [5.41, 5.74) is 1.36. The third-order valence-electron chi connectivity index (χ3n) is 4.92. The Hall–Kier alpha value is -3.67. The van der Waals surface area contributed by atoms with E-state index in [1.165, 1.54) is 23.5 Å². The van der Waals surface area contributed by atoms with Gasteiger partial charge in [0.05, 0.1) is 25.0 Å². The first-order valence-electron chi connectivity index (χ1n) is 9.85. The molecule has 2 unspecified atom stereocenters. The molecule has 2 atom stereocenters. The molecule has 2 aromatic rings. The molecule has 2 heterocycles. The van der Waals surface area contributed by atoms with Gasteiger partial charge in [-0.3, -0.25) is 4.79 Å². The van der Waals surface area contributed by atoms with Gasteiger partial charge in [-0.15, -0.1) is 6.42 Å². The molecule has 160 valence electrons. The van der Waals surface area contributed by atoms with E-state index in [2.05, 4.69) is 26.2 Å². The van der Waals surface area contributed by atoms with Crippen molar-refractivity contribution in [1.82, 2.24) is 15.0 Å². The molecular weight excluding hydrogens is 401 g/mol. The van der Waals surface area contributed by atoms with Gasteiger partial charge in [0.15, 0.2) is 0 Å². The number of halogens is 1. The summed E-state index contributed by atoms with van der Waals surface area (Å²) in [7, 11) is 0. The predicted molar refractivity (Wildman–Crippen MR) is 112 cm³/mol. The number of terminal acetylenes is 1. The normalized spacial score (nSPS) is 16.0. The standard InChI is InChI=1S/C22H22FN5O3/c1-3-18-12-25-21(13-24-18)31-14-15(2)4-7-22(29)28-20(8-9-26-28)16-5-6-19(23)17(10-16)11-27-30/h1,5-6,9-10,12-13,15,20H,4,7-8,11,14H2,2H3. The van der Waals surface area contributed by atoms with E-state index in [4.69, 9.17) is 11.2 Å². The lowest BCUT2D eigenvalue weighted by Gasteiger charge is -2.23. The van der Waals surface area contributed by atoms with E-state index in [-0.39, 0.29) is 36.4 Å². The summed E-state index contributed by atoms with van der Waals surface area (Å²) in [6.45, 7) is 2.10. The Kier molecular flexibility index (Phi) is 7.38. The van der Waals surface area contributed by atoms with Crippen LogP contribution in [-0.2, 0) is 11.3 Å². The van der Waals surface area contributed by atoms with E-state index in [0.29, 0.717) is 31.0 Å². The predicted octanol–water partition coefficient (Wildman–Crippen LogP) is 3.62. The van der Waals surface area contributed by atoms with Crippen LogP contribution in [0.2, 0.25) is 0 Å². The van der Waals surface area contributed by atoms with Crippen molar-refractivity contribution in [3.8, 4) is 18.2 Å². The zero-order chi connectivity index (χ0) is 22.2. The molecule has 1 aliphatic heterocycles. The van der Waals surface area contributed by atoms with Gasteiger partial charge in [0.2, 0.25) is 11.8 Å². The maximum absolute atomic E-state index is 13.8. The number of hydrogen-bond acceptors (Lipinski definition) is 7. The second-order valence-corrected chi connectivity index (χ2v) is 7.26. The van der Waals surface area contributed by atoms with Gasteiger partial charge >= 0.3 is 0 Å². The number of nitrogens with zero attached hydrogens (tertiary/aromatic N) is 5. The number of rotatable bonds is 9. The van der Waals surface area contributed by atoms with Gasteiger partial charge < -0.3 is 4.74 Å². The highest BCUT2D eigenvalue weighted by Crippen LogP contribution is 2.30. The fraction of sp³-hybridized carbons (Fsp3) is 0.364. The number of carbonyl (C=O) groups is 1. The van der Waals surface area contributed by atoms with Crippen LogP contribution in [0.15, 0.2) is 40.9 Å². The van der Waals surface area contributed by atoms with Gasteiger partial charge in [-0.1, -0.05) is 18.2 Å². The van der Waals surface area contributed by atoms with E-state index < -0.39 is 5.82 Å². The van der Waals surface area contributed by atoms with Gasteiger partial charge in [0, 0.05) is 24.6 Å².